The number of hydrogen-bond donors (Lipinski definition) is 1. The van der Waals surface area contributed by atoms with Crippen LogP contribution in [0.5, 0.6) is 0 Å². The van der Waals surface area contributed by atoms with Crippen LogP contribution in [-0.2, 0) is 20.5 Å². The van der Waals surface area contributed by atoms with E-state index in [1.54, 1.807) is 18.2 Å². The van der Waals surface area contributed by atoms with Crippen molar-refractivity contribution < 1.29 is 24.2 Å². The van der Waals surface area contributed by atoms with Gasteiger partial charge in [-0.1, -0.05) is 36.4 Å². The summed E-state index contributed by atoms with van der Waals surface area (Å²) in [6, 6.07) is 14.6. The lowest BCUT2D eigenvalue weighted by Gasteiger charge is -2.27. The number of hydrogen-bond acceptors (Lipinski definition) is 4. The fourth-order valence-electron chi connectivity index (χ4n) is 5.04. The van der Waals surface area contributed by atoms with Crippen molar-refractivity contribution in [3.63, 3.8) is 0 Å². The predicted molar refractivity (Wildman–Crippen MR) is 118 cm³/mol. The van der Waals surface area contributed by atoms with Crippen LogP contribution < -0.4 is 4.90 Å². The Bertz CT molecular complexity index is 1120. The van der Waals surface area contributed by atoms with Gasteiger partial charge in [0.05, 0.1) is 17.5 Å². The lowest BCUT2D eigenvalue weighted by atomic mass is 9.91. The van der Waals surface area contributed by atoms with E-state index < -0.39 is 17.1 Å². The van der Waals surface area contributed by atoms with Crippen molar-refractivity contribution in [1.82, 2.24) is 4.90 Å². The quantitative estimate of drug-likeness (QED) is 0.575. The average Bonchev–Trinajstić information content (AvgIpc) is 3.43. The first kappa shape index (κ1) is 20.3. The highest BCUT2D eigenvalue weighted by Gasteiger charge is 2.57. The lowest BCUT2D eigenvalue weighted by molar-refractivity contribution is -0.134. The molecule has 1 N–H and O–H groups in total. The van der Waals surface area contributed by atoms with Gasteiger partial charge in [0, 0.05) is 30.8 Å². The fraction of sp³-hybridized carbons (Fsp3) is 0.320. The summed E-state index contributed by atoms with van der Waals surface area (Å²) in [5.74, 6) is -0.280. The van der Waals surface area contributed by atoms with Gasteiger partial charge in [-0.2, -0.15) is 0 Å². The summed E-state index contributed by atoms with van der Waals surface area (Å²) in [6.07, 6.45) is 2.57. The van der Waals surface area contributed by atoms with Crippen molar-refractivity contribution in [1.29, 1.82) is 0 Å². The minimum absolute atomic E-state index is 0.0451. The number of amides is 2. The van der Waals surface area contributed by atoms with Crippen LogP contribution in [-0.4, -0.2) is 47.6 Å². The molecule has 2 heterocycles. The number of rotatable bonds is 5. The third-order valence-corrected chi connectivity index (χ3v) is 6.88. The van der Waals surface area contributed by atoms with E-state index in [1.807, 2.05) is 35.2 Å². The summed E-state index contributed by atoms with van der Waals surface area (Å²) < 4.78 is 5.78. The Hall–Kier alpha value is -3.61. The highest BCUT2D eigenvalue weighted by Crippen LogP contribution is 2.52. The molecule has 2 aliphatic heterocycles. The van der Waals surface area contributed by atoms with E-state index in [-0.39, 0.29) is 18.4 Å². The molecule has 1 aliphatic carbocycles. The Labute approximate surface area is 185 Å². The number of fused-ring (bicyclic) bond motifs is 2. The smallest absolute Gasteiger partial charge is 0.412 e. The number of nitrogens with zero attached hydrogens (tertiary/aromatic N) is 2. The number of carbonyl (C=O) groups excluding carboxylic acids is 2. The van der Waals surface area contributed by atoms with Crippen molar-refractivity contribution in [2.24, 2.45) is 0 Å². The summed E-state index contributed by atoms with van der Waals surface area (Å²) in [6.45, 7) is 4.69. The van der Waals surface area contributed by atoms with Crippen LogP contribution in [0.25, 0.3) is 0 Å². The molecule has 0 aromatic heterocycles. The fourth-order valence-corrected chi connectivity index (χ4v) is 5.04. The number of carbonyl (C=O) groups is 3. The standard InChI is InChI=1S/C25H24N2O5/c1-2-14-27(23(30)31)18-9-7-17(8-10-18)24(11-12-24)22(29)26-15-13-25(16-26)20-6-4-3-5-19(20)21(28)32-25/h2-10H,1,11-16H2,(H,30,31). The van der Waals surface area contributed by atoms with Gasteiger partial charge in [0.25, 0.3) is 0 Å². The summed E-state index contributed by atoms with van der Waals surface area (Å²) in [5, 5.41) is 9.40. The van der Waals surface area contributed by atoms with Gasteiger partial charge in [-0.3, -0.25) is 9.69 Å². The minimum atomic E-state index is -1.05. The maximum atomic E-state index is 13.6. The first-order chi connectivity index (χ1) is 15.4. The minimum Gasteiger partial charge on any atom is -0.465 e. The van der Waals surface area contributed by atoms with Gasteiger partial charge < -0.3 is 14.7 Å². The molecule has 0 bridgehead atoms. The molecule has 164 valence electrons. The highest BCUT2D eigenvalue weighted by molar-refractivity contribution is 5.96. The average molecular weight is 432 g/mol. The topological polar surface area (TPSA) is 87.2 Å². The third-order valence-electron chi connectivity index (χ3n) is 6.88. The molecule has 2 aromatic rings. The van der Waals surface area contributed by atoms with E-state index in [0.29, 0.717) is 30.8 Å². The Morgan fingerprint density at radius 1 is 1.12 bits per heavy atom. The molecule has 1 saturated heterocycles. The molecule has 2 amide bonds. The first-order valence-electron chi connectivity index (χ1n) is 10.7. The number of ether oxygens (including phenoxy) is 1. The lowest BCUT2D eigenvalue weighted by Crippen LogP contribution is -2.40. The molecule has 1 spiro atoms. The molecule has 7 heteroatoms. The van der Waals surface area contributed by atoms with E-state index in [4.69, 9.17) is 4.74 Å². The molecular weight excluding hydrogens is 408 g/mol. The molecule has 2 fully saturated rings. The molecule has 7 nitrogen and oxygen atoms in total. The van der Waals surface area contributed by atoms with Gasteiger partial charge in [-0.05, 0) is 36.6 Å². The number of likely N-dealkylation sites (tertiary alicyclic amines) is 1. The van der Waals surface area contributed by atoms with Gasteiger partial charge in [0.1, 0.15) is 0 Å². The zero-order valence-corrected chi connectivity index (χ0v) is 17.6. The normalized spacial score (nSPS) is 22.4. The summed E-state index contributed by atoms with van der Waals surface area (Å²) >= 11 is 0. The molecule has 1 atom stereocenters. The zero-order chi connectivity index (χ0) is 22.5. The molecule has 1 saturated carbocycles. The Morgan fingerprint density at radius 3 is 2.50 bits per heavy atom. The number of anilines is 1. The van der Waals surface area contributed by atoms with Crippen LogP contribution in [0.3, 0.4) is 0 Å². The Morgan fingerprint density at radius 2 is 1.84 bits per heavy atom. The largest absolute Gasteiger partial charge is 0.465 e. The number of esters is 1. The van der Waals surface area contributed by atoms with Crippen LogP contribution >= 0.6 is 0 Å². The van der Waals surface area contributed by atoms with Crippen LogP contribution in [0.15, 0.2) is 61.2 Å². The van der Waals surface area contributed by atoms with Crippen LogP contribution in [0, 0.1) is 0 Å². The van der Waals surface area contributed by atoms with E-state index in [9.17, 15) is 19.5 Å². The Balaban J connectivity index is 1.36. The van der Waals surface area contributed by atoms with Crippen LogP contribution in [0.2, 0.25) is 0 Å². The van der Waals surface area contributed by atoms with Gasteiger partial charge in [0.15, 0.2) is 5.60 Å². The molecule has 5 rings (SSSR count). The van der Waals surface area contributed by atoms with Crippen molar-refractivity contribution in [3.8, 4) is 0 Å². The van der Waals surface area contributed by atoms with E-state index in [2.05, 4.69) is 6.58 Å². The van der Waals surface area contributed by atoms with Gasteiger partial charge >= 0.3 is 12.1 Å². The third kappa shape index (κ3) is 2.99. The molecule has 0 radical (unpaired) electrons. The van der Waals surface area contributed by atoms with E-state index in [0.717, 1.165) is 24.0 Å². The summed E-state index contributed by atoms with van der Waals surface area (Å²) in [5.41, 5.74) is 1.54. The van der Waals surface area contributed by atoms with E-state index in [1.165, 1.54) is 11.0 Å². The van der Waals surface area contributed by atoms with Crippen LogP contribution in [0.1, 0.15) is 40.7 Å². The zero-order valence-electron chi connectivity index (χ0n) is 17.6. The number of carboxylic acid groups (broad SMARTS) is 1. The SMILES string of the molecule is C=CCN(C(=O)O)c1ccc(C2(C(=O)N3CCC4(C3)OC(=O)c3ccccc34)CC2)cc1. The van der Waals surface area contributed by atoms with Crippen molar-refractivity contribution in [3.05, 3.63) is 77.9 Å². The maximum Gasteiger partial charge on any atom is 0.412 e. The predicted octanol–water partition coefficient (Wildman–Crippen LogP) is 3.69. The maximum absolute atomic E-state index is 13.6. The summed E-state index contributed by atoms with van der Waals surface area (Å²) in [7, 11) is 0. The molecule has 32 heavy (non-hydrogen) atoms. The summed E-state index contributed by atoms with van der Waals surface area (Å²) in [4.78, 5) is 40.4. The highest BCUT2D eigenvalue weighted by atomic mass is 16.6. The van der Waals surface area contributed by atoms with Gasteiger partial charge in [0.2, 0.25) is 5.91 Å². The second-order valence-corrected chi connectivity index (χ2v) is 8.72. The second-order valence-electron chi connectivity index (χ2n) is 8.72. The monoisotopic (exact) mass is 432 g/mol. The van der Waals surface area contributed by atoms with Gasteiger partial charge in [-0.15, -0.1) is 6.58 Å². The van der Waals surface area contributed by atoms with Crippen molar-refractivity contribution in [2.75, 3.05) is 24.5 Å². The van der Waals surface area contributed by atoms with E-state index >= 15 is 0 Å². The molecule has 1 unspecified atom stereocenters. The number of benzene rings is 2. The first-order valence-corrected chi connectivity index (χ1v) is 10.7. The molecule has 2 aromatic carbocycles. The Kier molecular flexibility index (Phi) is 4.58. The van der Waals surface area contributed by atoms with Gasteiger partial charge in [-0.25, -0.2) is 9.59 Å². The second kappa shape index (κ2) is 7.22. The molecule has 3 aliphatic rings. The van der Waals surface area contributed by atoms with Crippen molar-refractivity contribution >= 4 is 23.7 Å². The van der Waals surface area contributed by atoms with Crippen LogP contribution in [0.4, 0.5) is 10.5 Å². The molecular formula is C25H24N2O5. The van der Waals surface area contributed by atoms with Crippen molar-refractivity contribution in [2.45, 2.75) is 30.3 Å².